The molecule has 1 amide bonds. The molecule has 7 heteroatoms. The quantitative estimate of drug-likeness (QED) is 0.896. The zero-order valence-electron chi connectivity index (χ0n) is 8.68. The molecule has 0 spiro atoms. The van der Waals surface area contributed by atoms with E-state index in [-0.39, 0.29) is 18.2 Å². The van der Waals surface area contributed by atoms with Gasteiger partial charge in [-0.3, -0.25) is 4.79 Å². The van der Waals surface area contributed by atoms with Gasteiger partial charge in [0.05, 0.1) is 18.9 Å². The molecule has 2 aromatic rings. The van der Waals surface area contributed by atoms with E-state index in [4.69, 9.17) is 10.2 Å². The second-order valence-corrected chi connectivity index (χ2v) is 3.96. The lowest BCUT2D eigenvalue weighted by Crippen LogP contribution is -2.12. The van der Waals surface area contributed by atoms with Gasteiger partial charge in [-0.2, -0.15) is 0 Å². The van der Waals surface area contributed by atoms with Crippen molar-refractivity contribution < 1.29 is 9.21 Å². The Balaban J connectivity index is 2.08. The lowest BCUT2D eigenvalue weighted by molar-refractivity contribution is 0.0994. The molecule has 0 aromatic carbocycles. The summed E-state index contributed by atoms with van der Waals surface area (Å²) >= 11 is 3.15. The van der Waals surface area contributed by atoms with Crippen LogP contribution in [-0.2, 0) is 6.54 Å². The van der Waals surface area contributed by atoms with Crippen LogP contribution in [0, 0.1) is 0 Å². The summed E-state index contributed by atoms with van der Waals surface area (Å²) in [5.74, 6) is 0.706. The molecule has 0 unspecified atom stereocenters. The summed E-state index contributed by atoms with van der Waals surface area (Å²) < 4.78 is 5.79. The number of carbonyl (C=O) groups is 1. The second kappa shape index (κ2) is 5.07. The van der Waals surface area contributed by atoms with Crippen molar-refractivity contribution in [2.24, 2.45) is 5.73 Å². The van der Waals surface area contributed by atoms with Crippen molar-refractivity contribution in [2.45, 2.75) is 6.54 Å². The molecular weight excluding hydrogens is 288 g/mol. The number of furan rings is 1. The number of aromatic nitrogens is 2. The van der Waals surface area contributed by atoms with E-state index in [9.17, 15) is 4.79 Å². The number of amides is 1. The van der Waals surface area contributed by atoms with Crippen LogP contribution >= 0.6 is 15.9 Å². The van der Waals surface area contributed by atoms with E-state index in [0.29, 0.717) is 16.2 Å². The fraction of sp³-hybridized carbons (Fsp3) is 0.100. The normalized spacial score (nSPS) is 10.2. The lowest BCUT2D eigenvalue weighted by Gasteiger charge is -2.01. The molecular formula is C10H9BrN4O2. The van der Waals surface area contributed by atoms with E-state index >= 15 is 0 Å². The van der Waals surface area contributed by atoms with Crippen LogP contribution in [0.15, 0.2) is 33.5 Å². The molecule has 88 valence electrons. The molecule has 0 atom stereocenters. The standard InChI is InChI=1S/C10H9BrN4O2/c11-8-4-14-9(5-13-8)15-10(16)7-2-1-6(3-12)17-7/h1-2,4-5H,3,12H2,(H,14,15,16). The van der Waals surface area contributed by atoms with Crippen molar-refractivity contribution in [3.8, 4) is 0 Å². The minimum Gasteiger partial charge on any atom is -0.455 e. The van der Waals surface area contributed by atoms with Crippen molar-refractivity contribution >= 4 is 27.7 Å². The number of carbonyl (C=O) groups excluding carboxylic acids is 1. The third-order valence-corrected chi connectivity index (χ3v) is 2.36. The van der Waals surface area contributed by atoms with Gasteiger partial charge in [-0.15, -0.1) is 0 Å². The number of nitrogens with zero attached hydrogens (tertiary/aromatic N) is 2. The summed E-state index contributed by atoms with van der Waals surface area (Å²) in [4.78, 5) is 19.6. The largest absolute Gasteiger partial charge is 0.455 e. The third kappa shape index (κ3) is 2.89. The highest BCUT2D eigenvalue weighted by atomic mass is 79.9. The average molecular weight is 297 g/mol. The van der Waals surface area contributed by atoms with Gasteiger partial charge in [-0.05, 0) is 28.1 Å². The van der Waals surface area contributed by atoms with Crippen LogP contribution in [0.5, 0.6) is 0 Å². The molecule has 0 saturated carbocycles. The van der Waals surface area contributed by atoms with Crippen LogP contribution in [0.3, 0.4) is 0 Å². The maximum atomic E-state index is 11.7. The van der Waals surface area contributed by atoms with Gasteiger partial charge >= 0.3 is 0 Å². The minimum atomic E-state index is -0.388. The predicted molar refractivity (Wildman–Crippen MR) is 64.3 cm³/mol. The first-order chi connectivity index (χ1) is 8.19. The number of rotatable bonds is 3. The van der Waals surface area contributed by atoms with Crippen LogP contribution in [0.25, 0.3) is 0 Å². The fourth-order valence-electron chi connectivity index (χ4n) is 1.16. The summed E-state index contributed by atoms with van der Waals surface area (Å²) in [6.45, 7) is 0.255. The summed E-state index contributed by atoms with van der Waals surface area (Å²) in [6, 6.07) is 3.21. The summed E-state index contributed by atoms with van der Waals surface area (Å²) in [7, 11) is 0. The highest BCUT2D eigenvalue weighted by Crippen LogP contribution is 2.11. The molecule has 0 aliphatic carbocycles. The van der Waals surface area contributed by atoms with Gasteiger partial charge in [0, 0.05) is 0 Å². The maximum Gasteiger partial charge on any atom is 0.292 e. The number of hydrogen-bond acceptors (Lipinski definition) is 5. The lowest BCUT2D eigenvalue weighted by atomic mass is 10.4. The topological polar surface area (TPSA) is 94.0 Å². The van der Waals surface area contributed by atoms with Gasteiger partial charge in [-0.25, -0.2) is 9.97 Å². The molecule has 2 aromatic heterocycles. The first-order valence-electron chi connectivity index (χ1n) is 4.76. The van der Waals surface area contributed by atoms with Crippen molar-refractivity contribution in [2.75, 3.05) is 5.32 Å². The van der Waals surface area contributed by atoms with Crippen LogP contribution in [0.4, 0.5) is 5.82 Å². The van der Waals surface area contributed by atoms with Crippen LogP contribution in [0.1, 0.15) is 16.3 Å². The van der Waals surface area contributed by atoms with Crippen molar-refractivity contribution in [3.63, 3.8) is 0 Å². The Morgan fingerprint density at radius 2 is 2.24 bits per heavy atom. The van der Waals surface area contributed by atoms with E-state index in [1.807, 2.05) is 0 Å². The first kappa shape index (κ1) is 11.7. The smallest absolute Gasteiger partial charge is 0.292 e. The van der Waals surface area contributed by atoms with Gasteiger partial charge in [0.1, 0.15) is 10.4 Å². The average Bonchev–Trinajstić information content (AvgIpc) is 2.81. The van der Waals surface area contributed by atoms with Crippen LogP contribution in [0.2, 0.25) is 0 Å². The Morgan fingerprint density at radius 3 is 2.82 bits per heavy atom. The Labute approximate surface area is 105 Å². The Morgan fingerprint density at radius 1 is 1.41 bits per heavy atom. The van der Waals surface area contributed by atoms with Gasteiger partial charge < -0.3 is 15.5 Å². The zero-order valence-corrected chi connectivity index (χ0v) is 10.3. The summed E-state index contributed by atoms with van der Waals surface area (Å²) in [5, 5.41) is 2.55. The van der Waals surface area contributed by atoms with Crippen LogP contribution < -0.4 is 11.1 Å². The Kier molecular flexibility index (Phi) is 3.50. The van der Waals surface area contributed by atoms with Gasteiger partial charge in [0.15, 0.2) is 11.6 Å². The van der Waals surface area contributed by atoms with E-state index in [1.165, 1.54) is 12.4 Å². The SMILES string of the molecule is NCc1ccc(C(=O)Nc2cnc(Br)cn2)o1. The Bertz CT molecular complexity index is 523. The third-order valence-electron chi connectivity index (χ3n) is 1.95. The molecule has 2 heterocycles. The zero-order chi connectivity index (χ0) is 12.3. The van der Waals surface area contributed by atoms with Gasteiger partial charge in [0.2, 0.25) is 0 Å². The molecule has 0 bridgehead atoms. The molecule has 0 saturated heterocycles. The number of anilines is 1. The molecule has 0 aliphatic rings. The minimum absolute atomic E-state index is 0.190. The molecule has 0 radical (unpaired) electrons. The highest BCUT2D eigenvalue weighted by Gasteiger charge is 2.11. The van der Waals surface area contributed by atoms with Crippen LogP contribution in [-0.4, -0.2) is 15.9 Å². The summed E-state index contributed by atoms with van der Waals surface area (Å²) in [6.07, 6.45) is 2.93. The van der Waals surface area contributed by atoms with E-state index in [2.05, 4.69) is 31.2 Å². The predicted octanol–water partition coefficient (Wildman–Crippen LogP) is 1.54. The van der Waals surface area contributed by atoms with Crippen molar-refractivity contribution in [3.05, 3.63) is 40.7 Å². The second-order valence-electron chi connectivity index (χ2n) is 3.15. The number of halogens is 1. The fourth-order valence-corrected chi connectivity index (χ4v) is 1.37. The molecule has 3 N–H and O–H groups in total. The summed E-state index contributed by atoms with van der Waals surface area (Å²) in [5.41, 5.74) is 5.38. The van der Waals surface area contributed by atoms with Gasteiger partial charge in [-0.1, -0.05) is 0 Å². The first-order valence-corrected chi connectivity index (χ1v) is 5.56. The highest BCUT2D eigenvalue weighted by molar-refractivity contribution is 9.10. The van der Waals surface area contributed by atoms with Crippen molar-refractivity contribution in [1.82, 2.24) is 9.97 Å². The van der Waals surface area contributed by atoms with Gasteiger partial charge in [0.25, 0.3) is 5.91 Å². The Hall–Kier alpha value is -1.73. The van der Waals surface area contributed by atoms with E-state index in [0.717, 1.165) is 0 Å². The number of nitrogens with one attached hydrogen (secondary N) is 1. The maximum absolute atomic E-state index is 11.7. The number of nitrogens with two attached hydrogens (primary N) is 1. The van der Waals surface area contributed by atoms with E-state index < -0.39 is 0 Å². The molecule has 2 rings (SSSR count). The molecule has 6 nitrogen and oxygen atoms in total. The van der Waals surface area contributed by atoms with Crippen molar-refractivity contribution in [1.29, 1.82) is 0 Å². The molecule has 17 heavy (non-hydrogen) atoms. The monoisotopic (exact) mass is 296 g/mol. The molecule has 0 aliphatic heterocycles. The number of hydrogen-bond donors (Lipinski definition) is 2. The molecule has 0 fully saturated rings. The van der Waals surface area contributed by atoms with E-state index in [1.54, 1.807) is 12.1 Å².